The number of aromatic nitrogens is 5. The number of benzene rings is 3. The average Bonchev–Trinajstić information content (AvgIpc) is 3.44. The van der Waals surface area contributed by atoms with Crippen LogP contribution in [-0.2, 0) is 13.0 Å². The van der Waals surface area contributed by atoms with Crippen LogP contribution in [0.25, 0.3) is 39.1 Å². The first-order valence-electron chi connectivity index (χ1n) is 11.2. The molecule has 33 heavy (non-hydrogen) atoms. The second-order valence-corrected chi connectivity index (χ2v) is 8.13. The minimum absolute atomic E-state index is 0.714. The van der Waals surface area contributed by atoms with E-state index in [9.17, 15) is 0 Å². The highest BCUT2D eigenvalue weighted by Gasteiger charge is 2.22. The summed E-state index contributed by atoms with van der Waals surface area (Å²) in [5.74, 6) is 0.807. The van der Waals surface area contributed by atoms with Crippen molar-refractivity contribution in [3.05, 3.63) is 109 Å². The van der Waals surface area contributed by atoms with Crippen molar-refractivity contribution in [1.82, 2.24) is 24.1 Å². The van der Waals surface area contributed by atoms with Crippen molar-refractivity contribution >= 4 is 22.1 Å². The van der Waals surface area contributed by atoms with Gasteiger partial charge in [-0.05, 0) is 29.2 Å². The molecule has 3 heterocycles. The predicted molar refractivity (Wildman–Crippen MR) is 133 cm³/mol. The molecule has 5 nitrogen and oxygen atoms in total. The molecule has 3 aromatic carbocycles. The van der Waals surface area contributed by atoms with Gasteiger partial charge in [-0.15, -0.1) is 0 Å². The fraction of sp³-hybridized carbons (Fsp3) is 0.107. The molecule has 0 amide bonds. The Morgan fingerprint density at radius 2 is 1.48 bits per heavy atom. The number of hydrogen-bond acceptors (Lipinski definition) is 3. The lowest BCUT2D eigenvalue weighted by atomic mass is 10.0. The van der Waals surface area contributed by atoms with Gasteiger partial charge in [0.1, 0.15) is 6.33 Å². The molecule has 0 fully saturated rings. The van der Waals surface area contributed by atoms with Gasteiger partial charge in [0.15, 0.2) is 17.0 Å². The van der Waals surface area contributed by atoms with Crippen LogP contribution < -0.4 is 0 Å². The molecule has 0 unspecified atom stereocenters. The summed E-state index contributed by atoms with van der Waals surface area (Å²) in [6.45, 7) is 2.93. The van der Waals surface area contributed by atoms with Gasteiger partial charge in [-0.2, -0.15) is 0 Å². The quantitative estimate of drug-likeness (QED) is 0.335. The Hall–Kier alpha value is -4.25. The van der Waals surface area contributed by atoms with Crippen molar-refractivity contribution in [3.63, 3.8) is 0 Å². The number of hydrogen-bond donors (Lipinski definition) is 0. The second kappa shape index (κ2) is 8.02. The Labute approximate surface area is 192 Å². The summed E-state index contributed by atoms with van der Waals surface area (Å²) in [4.78, 5) is 14.2. The normalized spacial score (nSPS) is 11.4. The first-order chi connectivity index (χ1) is 16.3. The van der Waals surface area contributed by atoms with Crippen molar-refractivity contribution in [2.45, 2.75) is 19.9 Å². The van der Waals surface area contributed by atoms with Gasteiger partial charge in [0.25, 0.3) is 0 Å². The van der Waals surface area contributed by atoms with Crippen molar-refractivity contribution in [3.8, 4) is 17.1 Å². The molecule has 0 saturated carbocycles. The van der Waals surface area contributed by atoms with Crippen molar-refractivity contribution in [2.75, 3.05) is 0 Å². The van der Waals surface area contributed by atoms with Gasteiger partial charge >= 0.3 is 0 Å². The fourth-order valence-electron chi connectivity index (χ4n) is 4.71. The van der Waals surface area contributed by atoms with Crippen LogP contribution in [0.2, 0.25) is 0 Å². The van der Waals surface area contributed by atoms with Gasteiger partial charge in [-0.1, -0.05) is 85.8 Å². The SMILES string of the molecule is CCc1c(-c2ccccc2)n(-c2ncnc3c2ncn3Cc2ccccc2)c2ccccc12. The molecule has 3 aromatic heterocycles. The lowest BCUT2D eigenvalue weighted by Crippen LogP contribution is -2.04. The van der Waals surface area contributed by atoms with Crippen LogP contribution in [-0.4, -0.2) is 24.1 Å². The zero-order valence-electron chi connectivity index (χ0n) is 18.4. The zero-order valence-corrected chi connectivity index (χ0v) is 18.4. The molecule has 0 aliphatic carbocycles. The highest BCUT2D eigenvalue weighted by atomic mass is 15.2. The molecule has 0 N–H and O–H groups in total. The second-order valence-electron chi connectivity index (χ2n) is 8.13. The van der Waals surface area contributed by atoms with E-state index in [-0.39, 0.29) is 0 Å². The van der Waals surface area contributed by atoms with Gasteiger partial charge in [0.2, 0.25) is 0 Å². The Balaban J connectivity index is 1.62. The molecule has 0 spiro atoms. The summed E-state index contributed by atoms with van der Waals surface area (Å²) in [6, 6.07) is 29.5. The first kappa shape index (κ1) is 19.4. The van der Waals surface area contributed by atoms with Crippen LogP contribution in [0.1, 0.15) is 18.1 Å². The highest BCUT2D eigenvalue weighted by Crippen LogP contribution is 2.37. The smallest absolute Gasteiger partial charge is 0.169 e. The maximum atomic E-state index is 4.78. The van der Waals surface area contributed by atoms with Gasteiger partial charge in [0.05, 0.1) is 24.1 Å². The Morgan fingerprint density at radius 3 is 2.27 bits per heavy atom. The van der Waals surface area contributed by atoms with Crippen LogP contribution in [0.3, 0.4) is 0 Å². The van der Waals surface area contributed by atoms with Crippen molar-refractivity contribution in [2.24, 2.45) is 0 Å². The number of aryl methyl sites for hydroxylation is 1. The minimum Gasteiger partial charge on any atom is -0.311 e. The molecule has 0 atom stereocenters. The Morgan fingerprint density at radius 1 is 0.758 bits per heavy atom. The van der Waals surface area contributed by atoms with E-state index in [1.807, 2.05) is 12.4 Å². The maximum absolute atomic E-state index is 4.78. The van der Waals surface area contributed by atoms with Crippen molar-refractivity contribution < 1.29 is 0 Å². The standard InChI is InChI=1S/C28H23N5/c1-2-22-23-15-9-10-16-24(23)33(26(22)21-13-7-4-8-14-21)28-25-27(29-18-30-28)32(19-31-25)17-20-11-5-3-6-12-20/h3-16,18-19H,2,17H2,1H3. The van der Waals surface area contributed by atoms with Crippen LogP contribution >= 0.6 is 0 Å². The van der Waals surface area contributed by atoms with Crippen LogP contribution in [0, 0.1) is 0 Å². The first-order valence-corrected chi connectivity index (χ1v) is 11.2. The van der Waals surface area contributed by atoms with Gasteiger partial charge in [0, 0.05) is 5.39 Å². The largest absolute Gasteiger partial charge is 0.311 e. The van der Waals surface area contributed by atoms with E-state index in [2.05, 4.69) is 99.9 Å². The Bertz CT molecular complexity index is 1560. The van der Waals surface area contributed by atoms with E-state index >= 15 is 0 Å². The molecule has 5 heteroatoms. The molecule has 0 bridgehead atoms. The monoisotopic (exact) mass is 429 g/mol. The molecule has 0 radical (unpaired) electrons. The van der Waals surface area contributed by atoms with E-state index in [4.69, 9.17) is 9.97 Å². The lowest BCUT2D eigenvalue weighted by Gasteiger charge is -2.12. The molecule has 0 aliphatic rings. The number of fused-ring (bicyclic) bond motifs is 2. The summed E-state index contributed by atoms with van der Waals surface area (Å²) in [7, 11) is 0. The van der Waals surface area contributed by atoms with Crippen LogP contribution in [0.15, 0.2) is 97.6 Å². The molecule has 6 aromatic rings. The van der Waals surface area contributed by atoms with Gasteiger partial charge < -0.3 is 4.57 Å². The van der Waals surface area contributed by atoms with E-state index in [0.717, 1.165) is 34.6 Å². The molecule has 0 aliphatic heterocycles. The summed E-state index contributed by atoms with van der Waals surface area (Å²) in [5, 5.41) is 1.24. The number of rotatable bonds is 5. The highest BCUT2D eigenvalue weighted by molar-refractivity contribution is 5.95. The third-order valence-corrected chi connectivity index (χ3v) is 6.17. The van der Waals surface area contributed by atoms with Crippen LogP contribution in [0.5, 0.6) is 0 Å². The third kappa shape index (κ3) is 3.21. The van der Waals surface area contributed by atoms with Gasteiger partial charge in [-0.3, -0.25) is 4.57 Å². The van der Waals surface area contributed by atoms with E-state index in [0.29, 0.717) is 6.54 Å². The van der Waals surface area contributed by atoms with E-state index in [1.165, 1.54) is 22.1 Å². The predicted octanol–water partition coefficient (Wildman–Crippen LogP) is 6.05. The molecule has 160 valence electrons. The number of nitrogens with zero attached hydrogens (tertiary/aromatic N) is 5. The summed E-state index contributed by atoms with van der Waals surface area (Å²) < 4.78 is 4.35. The van der Waals surface area contributed by atoms with Gasteiger partial charge in [-0.25, -0.2) is 15.0 Å². The van der Waals surface area contributed by atoms with E-state index in [1.54, 1.807) is 6.33 Å². The van der Waals surface area contributed by atoms with Crippen LogP contribution in [0.4, 0.5) is 0 Å². The lowest BCUT2D eigenvalue weighted by molar-refractivity contribution is 0.813. The summed E-state index contributed by atoms with van der Waals surface area (Å²) in [5.41, 5.74) is 7.62. The zero-order chi connectivity index (χ0) is 22.2. The number of para-hydroxylation sites is 1. The Kier molecular flexibility index (Phi) is 4.73. The molecule has 6 rings (SSSR count). The third-order valence-electron chi connectivity index (χ3n) is 6.17. The summed E-state index contributed by atoms with van der Waals surface area (Å²) in [6.07, 6.45) is 4.44. The minimum atomic E-state index is 0.714. The summed E-state index contributed by atoms with van der Waals surface area (Å²) >= 11 is 0. The number of imidazole rings is 1. The molecular weight excluding hydrogens is 406 g/mol. The molecular formula is C28H23N5. The molecule has 0 saturated heterocycles. The van der Waals surface area contributed by atoms with E-state index < -0.39 is 0 Å². The average molecular weight is 430 g/mol. The maximum Gasteiger partial charge on any atom is 0.169 e. The fourth-order valence-corrected chi connectivity index (χ4v) is 4.71. The van der Waals surface area contributed by atoms with Crippen molar-refractivity contribution in [1.29, 1.82) is 0 Å². The topological polar surface area (TPSA) is 48.5 Å².